The van der Waals surface area contributed by atoms with Gasteiger partial charge in [-0.1, -0.05) is 34.8 Å². The summed E-state index contributed by atoms with van der Waals surface area (Å²) in [6, 6.07) is 16.2. The summed E-state index contributed by atoms with van der Waals surface area (Å²) in [7, 11) is -14.0. The second-order valence-electron chi connectivity index (χ2n) is 5.84. The molecule has 12 nitrogen and oxygen atoms in total. The molecule has 0 saturated carbocycles. The Balaban J connectivity index is 0.000000518. The van der Waals surface area contributed by atoms with Crippen molar-refractivity contribution in [1.82, 2.24) is 0 Å². The van der Waals surface area contributed by atoms with Crippen molar-refractivity contribution in [3.8, 4) is 17.2 Å². The summed E-state index contributed by atoms with van der Waals surface area (Å²) in [6.45, 7) is 0. The van der Waals surface area contributed by atoms with E-state index in [-0.39, 0.29) is 27.1 Å². The van der Waals surface area contributed by atoms with E-state index in [2.05, 4.69) is 12.5 Å². The average Bonchev–Trinajstić information content (AvgIpc) is 2.71. The first-order chi connectivity index (χ1) is 16.4. The summed E-state index contributed by atoms with van der Waals surface area (Å²) in [6.07, 6.45) is 0. The van der Waals surface area contributed by atoms with Gasteiger partial charge in [0.2, 0.25) is 0 Å². The quantitative estimate of drug-likeness (QED) is 0.207. The number of hydrogen-bond donors (Lipinski definition) is 0. The summed E-state index contributed by atoms with van der Waals surface area (Å²) >= 11 is 16.5. The first-order valence-corrected chi connectivity index (χ1v) is 13.8. The molecule has 0 aromatic heterocycles. The van der Waals surface area contributed by atoms with Crippen LogP contribution in [0.5, 0.6) is 17.2 Å². The van der Waals surface area contributed by atoms with Gasteiger partial charge in [0.15, 0.2) is 0 Å². The zero-order valence-corrected chi connectivity index (χ0v) is 23.2. The minimum atomic E-state index is -4.68. The molecule has 0 aliphatic rings. The van der Waals surface area contributed by atoms with Crippen LogP contribution in [0.15, 0.2) is 72.8 Å². The van der Waals surface area contributed by atoms with Crippen LogP contribution in [-0.4, -0.2) is 38.9 Å². The minimum Gasteiger partial charge on any atom is -0.716 e. The van der Waals surface area contributed by atoms with E-state index in [0.29, 0.717) is 15.1 Å². The summed E-state index contributed by atoms with van der Waals surface area (Å²) in [4.78, 5) is 0. The van der Waals surface area contributed by atoms with Crippen molar-refractivity contribution in [3.63, 3.8) is 0 Å². The van der Waals surface area contributed by atoms with Crippen molar-refractivity contribution in [2.45, 2.75) is 0 Å². The Morgan fingerprint density at radius 1 is 0.432 bits per heavy atom. The van der Waals surface area contributed by atoms with Crippen LogP contribution in [0.1, 0.15) is 0 Å². The minimum absolute atomic E-state index is 0. The Morgan fingerprint density at radius 2 is 0.595 bits per heavy atom. The topological polar surface area (TPSA) is 199 Å². The Hall–Kier alpha value is -1.91. The van der Waals surface area contributed by atoms with Crippen molar-refractivity contribution in [3.05, 3.63) is 87.9 Å². The normalized spacial score (nSPS) is 10.9. The van der Waals surface area contributed by atoms with E-state index in [0.717, 1.165) is 0 Å². The fourth-order valence-electron chi connectivity index (χ4n) is 1.82. The zero-order valence-electron chi connectivity index (χ0n) is 17.6. The molecule has 2 radical (unpaired) electrons. The third-order valence-corrected chi connectivity index (χ3v) is 4.98. The third-order valence-electron chi connectivity index (χ3n) is 3.04. The Morgan fingerprint density at radius 3 is 0.730 bits per heavy atom. The molecule has 0 aliphatic heterocycles. The fourth-order valence-corrected chi connectivity index (χ4v) is 3.24. The Labute approximate surface area is 231 Å². The molecule has 37 heavy (non-hydrogen) atoms. The average molecular weight is 654 g/mol. The number of benzene rings is 3. The van der Waals surface area contributed by atoms with Crippen LogP contribution in [0.4, 0.5) is 0 Å². The van der Waals surface area contributed by atoms with E-state index in [1.54, 1.807) is 0 Å². The maximum absolute atomic E-state index is 10.1. The van der Waals surface area contributed by atoms with Gasteiger partial charge in [0.25, 0.3) is 31.2 Å². The first kappa shape index (κ1) is 35.1. The van der Waals surface area contributed by atoms with E-state index < -0.39 is 31.2 Å². The van der Waals surface area contributed by atoms with Crippen LogP contribution in [0.3, 0.4) is 0 Å². The molecule has 200 valence electrons. The molecule has 0 bridgehead atoms. The maximum atomic E-state index is 10.1. The summed E-state index contributed by atoms with van der Waals surface area (Å²) < 4.78 is 103. The third kappa shape index (κ3) is 18.9. The van der Waals surface area contributed by atoms with Crippen molar-refractivity contribution >= 4 is 75.9 Å². The summed E-state index contributed by atoms with van der Waals surface area (Å²) in [5.41, 5.74) is 0. The van der Waals surface area contributed by atoms with Crippen molar-refractivity contribution in [1.29, 1.82) is 0 Å². The SMILES string of the molecule is O=S(=O)([O-])Oc1ccc(Cl)cc1.O=S(=O)([O-])Oc1ccc(Cl)cc1.O=S(=O)([O-])Oc1ccc(Cl)cc1.[P+3]. The van der Waals surface area contributed by atoms with E-state index in [4.69, 9.17) is 34.8 Å². The second-order valence-corrected chi connectivity index (χ2v) is 10.1. The molecule has 0 atom stereocenters. The molecule has 0 unspecified atom stereocenters. The van der Waals surface area contributed by atoms with Gasteiger partial charge in [-0.3, -0.25) is 0 Å². The summed E-state index contributed by atoms with van der Waals surface area (Å²) in [5, 5.41) is 1.31. The Kier molecular flexibility index (Phi) is 14.7. The van der Waals surface area contributed by atoms with Crippen molar-refractivity contribution in [2.75, 3.05) is 0 Å². The first-order valence-electron chi connectivity index (χ1n) is 8.64. The van der Waals surface area contributed by atoms with E-state index in [1.165, 1.54) is 72.8 Å². The zero-order chi connectivity index (χ0) is 27.6. The monoisotopic (exact) mass is 652 g/mol. The fraction of sp³-hybridized carbons (Fsp3) is 0. The van der Waals surface area contributed by atoms with Gasteiger partial charge in [0, 0.05) is 15.1 Å². The number of halogens is 3. The molecule has 0 N–H and O–H groups in total. The van der Waals surface area contributed by atoms with Gasteiger partial charge in [-0.15, -0.1) is 0 Å². The molecule has 3 aromatic carbocycles. The Bertz CT molecular complexity index is 1250. The molecule has 0 aliphatic carbocycles. The van der Waals surface area contributed by atoms with E-state index >= 15 is 0 Å². The summed E-state index contributed by atoms with van der Waals surface area (Å²) in [5.74, 6) is -0.141. The molecule has 0 spiro atoms. The van der Waals surface area contributed by atoms with Crippen molar-refractivity contribution < 1.29 is 51.5 Å². The molecular formula is C18H12Cl3O12PS3. The molecular weight excluding hydrogens is 642 g/mol. The van der Waals surface area contributed by atoms with Crippen LogP contribution in [0.2, 0.25) is 15.1 Å². The molecule has 3 aromatic rings. The van der Waals surface area contributed by atoms with E-state index in [1.807, 2.05) is 0 Å². The molecule has 19 heteroatoms. The smallest absolute Gasteiger partial charge is 0.716 e. The number of rotatable bonds is 6. The van der Waals surface area contributed by atoms with Gasteiger partial charge in [0.05, 0.1) is 0 Å². The predicted octanol–water partition coefficient (Wildman–Crippen LogP) is 4.40. The molecule has 0 heterocycles. The number of hydrogen-bond acceptors (Lipinski definition) is 12. The van der Waals surface area contributed by atoms with Gasteiger partial charge >= 0.3 is 9.90 Å². The molecule has 0 saturated heterocycles. The van der Waals surface area contributed by atoms with Gasteiger partial charge in [-0.25, -0.2) is 25.3 Å². The second kappa shape index (κ2) is 15.5. The van der Waals surface area contributed by atoms with Crippen molar-refractivity contribution in [2.24, 2.45) is 0 Å². The molecule has 0 fully saturated rings. The molecule has 0 amide bonds. The van der Waals surface area contributed by atoms with Crippen LogP contribution in [0.25, 0.3) is 0 Å². The van der Waals surface area contributed by atoms with Crippen LogP contribution >= 0.6 is 44.7 Å². The standard InChI is InChI=1S/3C6H5ClO4S.P/c3*7-5-1-3-6(4-2-5)11-12(8,9)10;/h3*1-4H,(H,8,9,10);/q;;;+3/p-3. The van der Waals surface area contributed by atoms with Crippen LogP contribution in [-0.2, 0) is 31.2 Å². The van der Waals surface area contributed by atoms with Gasteiger partial charge in [0.1, 0.15) is 17.2 Å². The largest absolute Gasteiger partial charge is 3.00 e. The molecule has 3 rings (SSSR count). The van der Waals surface area contributed by atoms with Crippen LogP contribution < -0.4 is 12.5 Å². The van der Waals surface area contributed by atoms with Gasteiger partial charge < -0.3 is 26.2 Å². The van der Waals surface area contributed by atoms with Gasteiger partial charge in [-0.05, 0) is 72.8 Å². The van der Waals surface area contributed by atoms with Gasteiger partial charge in [-0.2, -0.15) is 0 Å². The predicted molar refractivity (Wildman–Crippen MR) is 132 cm³/mol. The maximum Gasteiger partial charge on any atom is 3.00 e. The van der Waals surface area contributed by atoms with E-state index in [9.17, 15) is 38.9 Å². The van der Waals surface area contributed by atoms with Crippen LogP contribution in [0, 0.1) is 0 Å².